The molecule has 0 spiro atoms. The Hall–Kier alpha value is -4.08. The fraction of sp³-hybridized carbons (Fsp3) is 0.238. The van der Waals surface area contributed by atoms with Crippen molar-refractivity contribution in [1.29, 1.82) is 0 Å². The Morgan fingerprint density at radius 2 is 1.77 bits per heavy atom. The van der Waals surface area contributed by atoms with Gasteiger partial charge < -0.3 is 19.3 Å². The number of benzene rings is 2. The summed E-state index contributed by atoms with van der Waals surface area (Å²) in [5, 5.41) is 21.5. The number of anilines is 1. The molecular weight excluding hydrogens is 408 g/mol. The van der Waals surface area contributed by atoms with Gasteiger partial charge in [-0.25, -0.2) is 4.79 Å². The lowest BCUT2D eigenvalue weighted by Crippen LogP contribution is -2.31. The van der Waals surface area contributed by atoms with Crippen LogP contribution in [0.3, 0.4) is 0 Å². The molecule has 10 nitrogen and oxygen atoms in total. The van der Waals surface area contributed by atoms with Gasteiger partial charge in [-0.15, -0.1) is 0 Å². The number of nitrogens with zero attached hydrogens (tertiary/aromatic N) is 2. The van der Waals surface area contributed by atoms with Crippen LogP contribution in [0.5, 0.6) is 11.5 Å². The minimum absolute atomic E-state index is 0.0417. The van der Waals surface area contributed by atoms with E-state index in [2.05, 4.69) is 0 Å². The van der Waals surface area contributed by atoms with Gasteiger partial charge in [0.2, 0.25) is 0 Å². The van der Waals surface area contributed by atoms with Crippen LogP contribution in [0.25, 0.3) is 0 Å². The number of hydrogen-bond acceptors (Lipinski definition) is 8. The molecule has 1 aliphatic heterocycles. The summed E-state index contributed by atoms with van der Waals surface area (Å²) < 4.78 is 15.6. The van der Waals surface area contributed by atoms with Gasteiger partial charge in [-0.05, 0) is 36.8 Å². The van der Waals surface area contributed by atoms with Gasteiger partial charge in [0.1, 0.15) is 5.57 Å². The van der Waals surface area contributed by atoms with E-state index in [4.69, 9.17) is 14.2 Å². The van der Waals surface area contributed by atoms with Crippen molar-refractivity contribution in [3.8, 4) is 11.5 Å². The number of methoxy groups -OCH3 is 2. The second-order valence-corrected chi connectivity index (χ2v) is 6.45. The lowest BCUT2D eigenvalue weighted by Gasteiger charge is -2.27. The second kappa shape index (κ2) is 8.74. The molecule has 0 saturated carbocycles. The Morgan fingerprint density at radius 3 is 2.32 bits per heavy atom. The molecule has 1 atom stereocenters. The summed E-state index contributed by atoms with van der Waals surface area (Å²) >= 11 is 0. The van der Waals surface area contributed by atoms with E-state index < -0.39 is 28.6 Å². The highest BCUT2D eigenvalue weighted by molar-refractivity contribution is 6.15. The molecule has 0 saturated heterocycles. The molecule has 31 heavy (non-hydrogen) atoms. The van der Waals surface area contributed by atoms with E-state index in [0.717, 1.165) is 0 Å². The van der Waals surface area contributed by atoms with Gasteiger partial charge in [0, 0.05) is 17.8 Å². The number of ether oxygens (including phenoxy) is 3. The number of esters is 1. The standard InChI is InChI=1S/C21H20N2O8/c1-4-31-21(26)17-18(12-5-10-15(29-2)16(11-12)30-3)22(20(25)19(17)24)13-6-8-14(9-7-13)23(27)28/h5-11,18,24H,4H2,1-3H3/t18-/m0/s1. The summed E-state index contributed by atoms with van der Waals surface area (Å²) in [6.07, 6.45) is 0. The van der Waals surface area contributed by atoms with Crippen molar-refractivity contribution in [3.05, 3.63) is 69.5 Å². The fourth-order valence-corrected chi connectivity index (χ4v) is 3.36. The van der Waals surface area contributed by atoms with E-state index in [1.54, 1.807) is 25.1 Å². The minimum atomic E-state index is -1.05. The number of rotatable bonds is 7. The second-order valence-electron chi connectivity index (χ2n) is 6.45. The molecule has 0 radical (unpaired) electrons. The normalized spacial score (nSPS) is 15.8. The van der Waals surface area contributed by atoms with Crippen LogP contribution in [0.4, 0.5) is 11.4 Å². The summed E-state index contributed by atoms with van der Waals surface area (Å²) in [5.74, 6) is -1.65. The highest BCUT2D eigenvalue weighted by atomic mass is 16.6. The van der Waals surface area contributed by atoms with Crippen LogP contribution < -0.4 is 14.4 Å². The van der Waals surface area contributed by atoms with E-state index in [1.165, 1.54) is 43.4 Å². The molecule has 1 amide bonds. The molecule has 1 N–H and O–H groups in total. The molecule has 0 fully saturated rings. The Labute approximate surface area is 177 Å². The number of aliphatic hydroxyl groups is 1. The first kappa shape index (κ1) is 21.6. The van der Waals surface area contributed by atoms with Crippen LogP contribution >= 0.6 is 0 Å². The predicted molar refractivity (Wildman–Crippen MR) is 109 cm³/mol. The third kappa shape index (κ3) is 3.87. The quantitative estimate of drug-likeness (QED) is 0.405. The number of aliphatic hydroxyl groups excluding tert-OH is 1. The van der Waals surface area contributed by atoms with Crippen molar-refractivity contribution in [2.45, 2.75) is 13.0 Å². The number of carbonyl (C=O) groups excluding carboxylic acids is 2. The topological polar surface area (TPSA) is 128 Å². The van der Waals surface area contributed by atoms with E-state index in [-0.39, 0.29) is 23.6 Å². The molecule has 1 aliphatic rings. The zero-order valence-electron chi connectivity index (χ0n) is 17.0. The molecule has 1 heterocycles. The number of non-ortho nitro benzene ring substituents is 1. The molecule has 0 aliphatic carbocycles. The molecular formula is C21H20N2O8. The van der Waals surface area contributed by atoms with E-state index >= 15 is 0 Å². The van der Waals surface area contributed by atoms with Crippen molar-refractivity contribution >= 4 is 23.3 Å². The third-order valence-electron chi connectivity index (χ3n) is 4.77. The first-order valence-electron chi connectivity index (χ1n) is 9.24. The molecule has 162 valence electrons. The maximum Gasteiger partial charge on any atom is 0.340 e. The number of nitro benzene ring substituents is 1. The molecule has 0 aromatic heterocycles. The largest absolute Gasteiger partial charge is 0.503 e. The van der Waals surface area contributed by atoms with Crippen LogP contribution in [0.1, 0.15) is 18.5 Å². The van der Waals surface area contributed by atoms with E-state index in [0.29, 0.717) is 17.1 Å². The average molecular weight is 428 g/mol. The summed E-state index contributed by atoms with van der Waals surface area (Å²) in [6.45, 7) is 1.64. The molecule has 2 aromatic rings. The molecule has 3 rings (SSSR count). The predicted octanol–water partition coefficient (Wildman–Crippen LogP) is 3.08. The van der Waals surface area contributed by atoms with Gasteiger partial charge in [-0.2, -0.15) is 0 Å². The van der Waals surface area contributed by atoms with Crippen LogP contribution in [-0.2, 0) is 14.3 Å². The zero-order chi connectivity index (χ0) is 22.7. The summed E-state index contributed by atoms with van der Waals surface area (Å²) in [4.78, 5) is 37.1. The van der Waals surface area contributed by atoms with E-state index in [1.807, 2.05) is 0 Å². The number of carbonyl (C=O) groups is 2. The Balaban J connectivity index is 2.17. The smallest absolute Gasteiger partial charge is 0.340 e. The summed E-state index contributed by atoms with van der Waals surface area (Å²) in [7, 11) is 2.91. The summed E-state index contributed by atoms with van der Waals surface area (Å²) in [6, 6.07) is 8.94. The van der Waals surface area contributed by atoms with Gasteiger partial charge in [0.25, 0.3) is 11.6 Å². The lowest BCUT2D eigenvalue weighted by molar-refractivity contribution is -0.384. The van der Waals surface area contributed by atoms with Crippen molar-refractivity contribution in [3.63, 3.8) is 0 Å². The minimum Gasteiger partial charge on any atom is -0.503 e. The zero-order valence-corrected chi connectivity index (χ0v) is 17.0. The molecule has 0 bridgehead atoms. The highest BCUT2D eigenvalue weighted by Crippen LogP contribution is 2.43. The maximum atomic E-state index is 12.9. The Morgan fingerprint density at radius 1 is 1.13 bits per heavy atom. The van der Waals surface area contributed by atoms with Crippen molar-refractivity contribution in [2.24, 2.45) is 0 Å². The lowest BCUT2D eigenvalue weighted by atomic mass is 9.98. The van der Waals surface area contributed by atoms with Gasteiger partial charge in [-0.1, -0.05) is 6.07 Å². The van der Waals surface area contributed by atoms with Crippen molar-refractivity contribution in [2.75, 3.05) is 25.7 Å². The third-order valence-corrected chi connectivity index (χ3v) is 4.77. The van der Waals surface area contributed by atoms with Crippen molar-refractivity contribution in [1.82, 2.24) is 0 Å². The molecule has 2 aromatic carbocycles. The van der Waals surface area contributed by atoms with Crippen LogP contribution in [0, 0.1) is 10.1 Å². The van der Waals surface area contributed by atoms with Gasteiger partial charge in [-0.3, -0.25) is 19.8 Å². The molecule has 10 heteroatoms. The van der Waals surface area contributed by atoms with Crippen LogP contribution in [-0.4, -0.2) is 42.7 Å². The number of amides is 1. The molecule has 0 unspecified atom stereocenters. The Bertz CT molecular complexity index is 1060. The van der Waals surface area contributed by atoms with Crippen molar-refractivity contribution < 1.29 is 33.8 Å². The monoisotopic (exact) mass is 428 g/mol. The van der Waals surface area contributed by atoms with Crippen LogP contribution in [0.15, 0.2) is 53.8 Å². The Kier molecular flexibility index (Phi) is 6.10. The number of hydrogen-bond donors (Lipinski definition) is 1. The fourth-order valence-electron chi connectivity index (χ4n) is 3.36. The highest BCUT2D eigenvalue weighted by Gasteiger charge is 2.45. The van der Waals surface area contributed by atoms with Gasteiger partial charge in [0.05, 0.1) is 31.8 Å². The van der Waals surface area contributed by atoms with Gasteiger partial charge in [0.15, 0.2) is 17.3 Å². The van der Waals surface area contributed by atoms with Gasteiger partial charge >= 0.3 is 5.97 Å². The van der Waals surface area contributed by atoms with E-state index in [9.17, 15) is 24.8 Å². The first-order valence-corrected chi connectivity index (χ1v) is 9.24. The average Bonchev–Trinajstić information content (AvgIpc) is 3.04. The van der Waals surface area contributed by atoms with Crippen LogP contribution in [0.2, 0.25) is 0 Å². The first-order chi connectivity index (χ1) is 14.8. The SMILES string of the molecule is CCOC(=O)C1=C(O)C(=O)N(c2ccc([N+](=O)[O-])cc2)[C@H]1c1ccc(OC)c(OC)c1. The maximum absolute atomic E-state index is 12.9. The number of nitro groups is 1. The summed E-state index contributed by atoms with van der Waals surface area (Å²) in [5.41, 5.74) is 0.288.